The first-order valence-electron chi connectivity index (χ1n) is 5.32. The van der Waals surface area contributed by atoms with E-state index in [0.717, 1.165) is 21.3 Å². The van der Waals surface area contributed by atoms with Crippen molar-refractivity contribution in [2.24, 2.45) is 14.1 Å². The van der Waals surface area contributed by atoms with Gasteiger partial charge in [-0.25, -0.2) is 4.79 Å². The predicted molar refractivity (Wildman–Crippen MR) is 65.7 cm³/mol. The van der Waals surface area contributed by atoms with Gasteiger partial charge in [-0.05, 0) is 23.8 Å². The number of carbonyl (C=O) groups is 2. The molecule has 0 aromatic carbocycles. The van der Waals surface area contributed by atoms with Crippen LogP contribution in [0.15, 0.2) is 27.8 Å². The van der Waals surface area contributed by atoms with Crippen LogP contribution in [0.4, 0.5) is 0 Å². The van der Waals surface area contributed by atoms with Crippen LogP contribution in [-0.4, -0.2) is 25.8 Å². The summed E-state index contributed by atoms with van der Waals surface area (Å²) in [6.45, 7) is 0. The van der Waals surface area contributed by atoms with E-state index in [1.54, 1.807) is 0 Å². The van der Waals surface area contributed by atoms with Crippen LogP contribution < -0.4 is 11.2 Å². The van der Waals surface area contributed by atoms with E-state index in [1.807, 2.05) is 0 Å². The predicted octanol–water partition coefficient (Wildman–Crippen LogP) is -1.12. The molecule has 0 radical (unpaired) electrons. The van der Waals surface area contributed by atoms with E-state index in [4.69, 9.17) is 0 Å². The standard InChI is InChI=1S/C12H10N2O5/c1-13-10(17)9(11(18)14(2)12(13)19)6-3-4-7(15)8(16)5-6/h3-5,17H,1-2H3. The van der Waals surface area contributed by atoms with Gasteiger partial charge < -0.3 is 5.11 Å². The van der Waals surface area contributed by atoms with E-state index in [9.17, 15) is 24.3 Å². The quantitative estimate of drug-likeness (QED) is 0.510. The van der Waals surface area contributed by atoms with E-state index < -0.39 is 28.7 Å². The molecule has 1 N–H and O–H groups in total. The van der Waals surface area contributed by atoms with Gasteiger partial charge in [0.2, 0.25) is 17.4 Å². The average molecular weight is 262 g/mol. The fourth-order valence-corrected chi connectivity index (χ4v) is 1.75. The Balaban J connectivity index is 2.80. The van der Waals surface area contributed by atoms with Crippen LogP contribution in [0, 0.1) is 0 Å². The first-order valence-corrected chi connectivity index (χ1v) is 5.32. The zero-order valence-electron chi connectivity index (χ0n) is 10.2. The molecule has 1 aliphatic carbocycles. The van der Waals surface area contributed by atoms with E-state index in [0.29, 0.717) is 0 Å². The largest absolute Gasteiger partial charge is 0.494 e. The fourth-order valence-electron chi connectivity index (χ4n) is 1.75. The number of allylic oxidation sites excluding steroid dienone is 4. The molecule has 0 spiro atoms. The van der Waals surface area contributed by atoms with Gasteiger partial charge in [-0.15, -0.1) is 0 Å². The summed E-state index contributed by atoms with van der Waals surface area (Å²) in [5.41, 5.74) is -1.52. The lowest BCUT2D eigenvalue weighted by molar-refractivity contribution is -0.131. The Labute approximate surface area is 106 Å². The molecular formula is C12H10N2O5. The number of aromatic nitrogens is 2. The molecule has 7 nitrogen and oxygen atoms in total. The summed E-state index contributed by atoms with van der Waals surface area (Å²) >= 11 is 0. The van der Waals surface area contributed by atoms with Gasteiger partial charge in [0.25, 0.3) is 5.56 Å². The molecule has 0 aliphatic heterocycles. The highest BCUT2D eigenvalue weighted by Crippen LogP contribution is 2.22. The Bertz CT molecular complexity index is 777. The Morgan fingerprint density at radius 3 is 2.16 bits per heavy atom. The minimum absolute atomic E-state index is 0.0956. The third-order valence-corrected chi connectivity index (χ3v) is 2.87. The van der Waals surface area contributed by atoms with Crippen molar-refractivity contribution in [2.75, 3.05) is 0 Å². The normalized spacial score (nSPS) is 14.7. The lowest BCUT2D eigenvalue weighted by Crippen LogP contribution is -2.38. The summed E-state index contributed by atoms with van der Waals surface area (Å²) in [5.74, 6) is -2.04. The number of hydrogen-bond acceptors (Lipinski definition) is 5. The number of carbonyl (C=O) groups excluding carboxylic acids is 2. The summed E-state index contributed by atoms with van der Waals surface area (Å²) in [6.07, 6.45) is 3.23. The van der Waals surface area contributed by atoms with Crippen LogP contribution >= 0.6 is 0 Å². The van der Waals surface area contributed by atoms with E-state index in [-0.39, 0.29) is 11.1 Å². The molecule has 0 unspecified atom stereocenters. The van der Waals surface area contributed by atoms with E-state index in [1.165, 1.54) is 20.2 Å². The second-order valence-electron chi connectivity index (χ2n) is 4.07. The maximum absolute atomic E-state index is 12.0. The maximum Gasteiger partial charge on any atom is 0.333 e. The van der Waals surface area contributed by atoms with Crippen LogP contribution in [0.1, 0.15) is 5.56 Å². The second-order valence-corrected chi connectivity index (χ2v) is 4.07. The summed E-state index contributed by atoms with van der Waals surface area (Å²) < 4.78 is 1.69. The average Bonchev–Trinajstić information content (AvgIpc) is 2.38. The Morgan fingerprint density at radius 1 is 0.947 bits per heavy atom. The number of ketones is 2. The van der Waals surface area contributed by atoms with Crippen LogP contribution in [-0.2, 0) is 23.7 Å². The minimum Gasteiger partial charge on any atom is -0.494 e. The third-order valence-electron chi connectivity index (χ3n) is 2.87. The van der Waals surface area contributed by atoms with Crippen molar-refractivity contribution in [1.29, 1.82) is 0 Å². The molecule has 0 bridgehead atoms. The minimum atomic E-state index is -0.784. The Kier molecular flexibility index (Phi) is 2.82. The Hall–Kier alpha value is -2.70. The summed E-state index contributed by atoms with van der Waals surface area (Å²) in [6, 6.07) is 0. The molecule has 19 heavy (non-hydrogen) atoms. The van der Waals surface area contributed by atoms with E-state index >= 15 is 0 Å². The lowest BCUT2D eigenvalue weighted by atomic mass is 10.00. The SMILES string of the molecule is Cn1c(O)c(C2=CC(=O)C(=O)C=C2)c(=O)n(C)c1=O. The zero-order chi connectivity index (χ0) is 14.3. The molecule has 1 heterocycles. The van der Waals surface area contributed by atoms with Crippen molar-refractivity contribution in [3.63, 3.8) is 0 Å². The molecule has 1 aromatic heterocycles. The molecule has 0 saturated heterocycles. The topological polar surface area (TPSA) is 98.4 Å². The fraction of sp³-hybridized carbons (Fsp3) is 0.167. The van der Waals surface area contributed by atoms with E-state index in [2.05, 4.69) is 0 Å². The van der Waals surface area contributed by atoms with Crippen molar-refractivity contribution in [1.82, 2.24) is 9.13 Å². The van der Waals surface area contributed by atoms with Gasteiger partial charge in [0.05, 0.1) is 0 Å². The monoisotopic (exact) mass is 262 g/mol. The second kappa shape index (κ2) is 4.20. The third kappa shape index (κ3) is 1.85. The van der Waals surface area contributed by atoms with Crippen molar-refractivity contribution in [2.45, 2.75) is 0 Å². The summed E-state index contributed by atoms with van der Waals surface area (Å²) in [5, 5.41) is 9.87. The zero-order valence-corrected chi connectivity index (χ0v) is 10.2. The van der Waals surface area contributed by atoms with Gasteiger partial charge in [-0.2, -0.15) is 0 Å². The number of rotatable bonds is 1. The number of nitrogens with zero attached hydrogens (tertiary/aromatic N) is 2. The molecule has 1 aromatic rings. The van der Waals surface area contributed by atoms with Crippen molar-refractivity contribution < 1.29 is 14.7 Å². The molecule has 0 saturated carbocycles. The highest BCUT2D eigenvalue weighted by Gasteiger charge is 2.21. The van der Waals surface area contributed by atoms with Crippen molar-refractivity contribution in [3.8, 4) is 5.88 Å². The van der Waals surface area contributed by atoms with Crippen LogP contribution in [0.25, 0.3) is 5.57 Å². The van der Waals surface area contributed by atoms with Gasteiger partial charge in [0.1, 0.15) is 5.56 Å². The molecule has 1 aliphatic rings. The van der Waals surface area contributed by atoms with Gasteiger partial charge in [0, 0.05) is 14.1 Å². The van der Waals surface area contributed by atoms with Crippen molar-refractivity contribution >= 4 is 17.1 Å². The highest BCUT2D eigenvalue weighted by atomic mass is 16.3. The van der Waals surface area contributed by atoms with Gasteiger partial charge in [-0.3, -0.25) is 23.5 Å². The highest BCUT2D eigenvalue weighted by molar-refractivity contribution is 6.48. The molecule has 0 atom stereocenters. The number of aromatic hydroxyl groups is 1. The molecule has 0 amide bonds. The number of hydrogen-bond donors (Lipinski definition) is 1. The van der Waals surface area contributed by atoms with Crippen LogP contribution in [0.3, 0.4) is 0 Å². The molecule has 2 rings (SSSR count). The first kappa shape index (κ1) is 12.7. The van der Waals surface area contributed by atoms with Crippen molar-refractivity contribution in [3.05, 3.63) is 44.6 Å². The smallest absolute Gasteiger partial charge is 0.333 e. The van der Waals surface area contributed by atoms with Crippen LogP contribution in [0.2, 0.25) is 0 Å². The lowest BCUT2D eigenvalue weighted by Gasteiger charge is -2.12. The first-order chi connectivity index (χ1) is 8.84. The van der Waals surface area contributed by atoms with Gasteiger partial charge in [-0.1, -0.05) is 0 Å². The summed E-state index contributed by atoms with van der Waals surface area (Å²) in [7, 11) is 2.55. The maximum atomic E-state index is 12.0. The van der Waals surface area contributed by atoms with Gasteiger partial charge >= 0.3 is 5.69 Å². The molecule has 7 heteroatoms. The summed E-state index contributed by atoms with van der Waals surface area (Å²) in [4.78, 5) is 45.9. The molecular weight excluding hydrogens is 252 g/mol. The molecule has 98 valence electrons. The van der Waals surface area contributed by atoms with Gasteiger partial charge in [0.15, 0.2) is 0 Å². The molecule has 0 fully saturated rings. The Morgan fingerprint density at radius 2 is 1.58 bits per heavy atom. The van der Waals surface area contributed by atoms with Crippen LogP contribution in [0.5, 0.6) is 5.88 Å².